The van der Waals surface area contributed by atoms with Crippen molar-refractivity contribution in [3.05, 3.63) is 29.8 Å². The standard InChI is InChI=1S/C18H27NO5S/c1-18(2,3)24-17(21)19-14(10-16(20)23-5)12-25-11-13-6-8-15(22-4)9-7-13/h6-9,14H,10-12H2,1-5H3,(H,19,21). The molecule has 0 saturated carbocycles. The Kier molecular flexibility index (Phi) is 8.61. The van der Waals surface area contributed by atoms with Crippen LogP contribution in [-0.4, -0.2) is 43.7 Å². The number of ether oxygens (including phenoxy) is 3. The minimum absolute atomic E-state index is 0.103. The lowest BCUT2D eigenvalue weighted by Crippen LogP contribution is -2.41. The number of carbonyl (C=O) groups excluding carboxylic acids is 2. The fourth-order valence-corrected chi connectivity index (χ4v) is 2.98. The van der Waals surface area contributed by atoms with Crippen LogP contribution in [0.1, 0.15) is 32.8 Å². The summed E-state index contributed by atoms with van der Waals surface area (Å²) in [5.41, 5.74) is 0.552. The molecule has 0 heterocycles. The molecule has 140 valence electrons. The van der Waals surface area contributed by atoms with Crippen molar-refractivity contribution in [2.24, 2.45) is 0 Å². The fraction of sp³-hybridized carbons (Fsp3) is 0.556. The van der Waals surface area contributed by atoms with Crippen LogP contribution in [0, 0.1) is 0 Å². The smallest absolute Gasteiger partial charge is 0.407 e. The number of hydrogen-bond acceptors (Lipinski definition) is 6. The Bertz CT molecular complexity index is 554. The zero-order valence-electron chi connectivity index (χ0n) is 15.5. The summed E-state index contributed by atoms with van der Waals surface area (Å²) in [6, 6.07) is 7.43. The van der Waals surface area contributed by atoms with Crippen molar-refractivity contribution in [2.45, 2.75) is 44.6 Å². The Labute approximate surface area is 153 Å². The van der Waals surface area contributed by atoms with Gasteiger partial charge in [0, 0.05) is 11.5 Å². The molecule has 0 aliphatic heterocycles. The lowest BCUT2D eigenvalue weighted by Gasteiger charge is -2.23. The van der Waals surface area contributed by atoms with E-state index in [1.54, 1.807) is 39.6 Å². The Morgan fingerprint density at radius 3 is 2.32 bits per heavy atom. The summed E-state index contributed by atoms with van der Waals surface area (Å²) < 4.78 is 15.1. The topological polar surface area (TPSA) is 73.9 Å². The molecule has 1 atom stereocenters. The van der Waals surface area contributed by atoms with Gasteiger partial charge in [-0.2, -0.15) is 11.8 Å². The number of methoxy groups -OCH3 is 2. The van der Waals surface area contributed by atoms with Gasteiger partial charge in [0.1, 0.15) is 11.4 Å². The summed E-state index contributed by atoms with van der Waals surface area (Å²) in [4.78, 5) is 23.5. The molecule has 1 aromatic rings. The van der Waals surface area contributed by atoms with E-state index in [0.717, 1.165) is 17.1 Å². The van der Waals surface area contributed by atoms with Crippen LogP contribution in [0.4, 0.5) is 4.79 Å². The van der Waals surface area contributed by atoms with E-state index in [2.05, 4.69) is 5.32 Å². The molecule has 0 aliphatic rings. The maximum Gasteiger partial charge on any atom is 0.407 e. The lowest BCUT2D eigenvalue weighted by atomic mass is 10.2. The number of nitrogens with one attached hydrogen (secondary N) is 1. The monoisotopic (exact) mass is 369 g/mol. The first-order valence-corrected chi connectivity index (χ1v) is 9.16. The van der Waals surface area contributed by atoms with E-state index >= 15 is 0 Å². The van der Waals surface area contributed by atoms with E-state index in [4.69, 9.17) is 14.2 Å². The summed E-state index contributed by atoms with van der Waals surface area (Å²) in [5, 5.41) is 2.74. The van der Waals surface area contributed by atoms with Crippen molar-refractivity contribution < 1.29 is 23.8 Å². The molecule has 0 radical (unpaired) electrons. The second-order valence-electron chi connectivity index (χ2n) is 6.49. The normalized spacial score (nSPS) is 12.2. The van der Waals surface area contributed by atoms with Crippen molar-refractivity contribution in [1.29, 1.82) is 0 Å². The van der Waals surface area contributed by atoms with E-state index in [9.17, 15) is 9.59 Å². The number of benzene rings is 1. The van der Waals surface area contributed by atoms with Crippen LogP contribution in [0.3, 0.4) is 0 Å². The van der Waals surface area contributed by atoms with E-state index in [-0.39, 0.29) is 18.4 Å². The van der Waals surface area contributed by atoms with Gasteiger partial charge >= 0.3 is 12.1 Å². The first kappa shape index (κ1) is 21.2. The summed E-state index contributed by atoms with van der Waals surface area (Å²) in [6.45, 7) is 5.38. The van der Waals surface area contributed by atoms with Gasteiger partial charge < -0.3 is 19.5 Å². The Balaban J connectivity index is 2.54. The van der Waals surface area contributed by atoms with Crippen LogP contribution >= 0.6 is 11.8 Å². The van der Waals surface area contributed by atoms with Crippen LogP contribution in [0.2, 0.25) is 0 Å². The first-order valence-electron chi connectivity index (χ1n) is 8.00. The van der Waals surface area contributed by atoms with Crippen molar-refractivity contribution in [3.8, 4) is 5.75 Å². The molecule has 0 aromatic heterocycles. The lowest BCUT2D eigenvalue weighted by molar-refractivity contribution is -0.141. The molecule has 25 heavy (non-hydrogen) atoms. The Hall–Kier alpha value is -1.89. The van der Waals surface area contributed by atoms with Gasteiger partial charge in [-0.15, -0.1) is 0 Å². The minimum atomic E-state index is -0.587. The van der Waals surface area contributed by atoms with Crippen molar-refractivity contribution in [2.75, 3.05) is 20.0 Å². The number of carbonyl (C=O) groups is 2. The molecule has 1 rings (SSSR count). The van der Waals surface area contributed by atoms with Crippen molar-refractivity contribution >= 4 is 23.8 Å². The fourth-order valence-electron chi connectivity index (χ4n) is 1.95. The summed E-state index contributed by atoms with van der Waals surface area (Å²) in [7, 11) is 2.96. The number of esters is 1. The Morgan fingerprint density at radius 2 is 1.80 bits per heavy atom. The molecule has 6 nitrogen and oxygen atoms in total. The predicted molar refractivity (Wildman–Crippen MR) is 98.9 cm³/mol. The molecule has 7 heteroatoms. The predicted octanol–water partition coefficient (Wildman–Crippen LogP) is 3.38. The van der Waals surface area contributed by atoms with Crippen molar-refractivity contribution in [1.82, 2.24) is 5.32 Å². The number of alkyl carbamates (subject to hydrolysis) is 1. The van der Waals surface area contributed by atoms with Crippen LogP contribution < -0.4 is 10.1 Å². The quantitative estimate of drug-likeness (QED) is 0.708. The first-order chi connectivity index (χ1) is 11.7. The van der Waals surface area contributed by atoms with E-state index in [1.807, 2.05) is 24.3 Å². The summed E-state index contributed by atoms with van der Waals surface area (Å²) >= 11 is 1.62. The molecule has 0 bridgehead atoms. The molecule has 0 fully saturated rings. The largest absolute Gasteiger partial charge is 0.497 e. The highest BCUT2D eigenvalue weighted by molar-refractivity contribution is 7.98. The maximum absolute atomic E-state index is 11.9. The van der Waals surface area contributed by atoms with Gasteiger partial charge in [0.2, 0.25) is 0 Å². The SMILES string of the molecule is COC(=O)CC(CSCc1ccc(OC)cc1)NC(=O)OC(C)(C)C. The maximum atomic E-state index is 11.9. The second-order valence-corrected chi connectivity index (χ2v) is 7.52. The number of thioether (sulfide) groups is 1. The van der Waals surface area contributed by atoms with Crippen LogP contribution in [0.5, 0.6) is 5.75 Å². The average Bonchev–Trinajstić information content (AvgIpc) is 2.53. The molecular weight excluding hydrogens is 342 g/mol. The van der Waals surface area contributed by atoms with Gasteiger partial charge in [-0.25, -0.2) is 4.79 Å². The molecule has 1 unspecified atom stereocenters. The van der Waals surface area contributed by atoms with Crippen LogP contribution in [0.25, 0.3) is 0 Å². The van der Waals surface area contributed by atoms with Gasteiger partial charge in [-0.3, -0.25) is 4.79 Å². The Morgan fingerprint density at radius 1 is 1.16 bits per heavy atom. The third kappa shape index (κ3) is 9.24. The van der Waals surface area contributed by atoms with Gasteiger partial charge in [0.15, 0.2) is 0 Å². The van der Waals surface area contributed by atoms with Gasteiger partial charge in [-0.1, -0.05) is 12.1 Å². The van der Waals surface area contributed by atoms with Gasteiger partial charge in [-0.05, 0) is 38.5 Å². The van der Waals surface area contributed by atoms with E-state index < -0.39 is 11.7 Å². The summed E-state index contributed by atoms with van der Waals surface area (Å²) in [6.07, 6.45) is -0.433. The van der Waals surface area contributed by atoms with Crippen LogP contribution in [0.15, 0.2) is 24.3 Å². The minimum Gasteiger partial charge on any atom is -0.497 e. The molecule has 0 spiro atoms. The highest BCUT2D eigenvalue weighted by Gasteiger charge is 2.21. The third-order valence-corrected chi connectivity index (χ3v) is 4.28. The molecule has 1 N–H and O–H groups in total. The molecule has 1 aromatic carbocycles. The second kappa shape index (κ2) is 10.2. The molecule has 0 aliphatic carbocycles. The third-order valence-electron chi connectivity index (χ3n) is 3.11. The van der Waals surface area contributed by atoms with Gasteiger partial charge in [0.05, 0.1) is 26.7 Å². The number of rotatable bonds is 8. The molecular formula is C18H27NO5S. The molecule has 0 saturated heterocycles. The van der Waals surface area contributed by atoms with E-state index in [1.165, 1.54) is 7.11 Å². The van der Waals surface area contributed by atoms with Gasteiger partial charge in [0.25, 0.3) is 0 Å². The zero-order chi connectivity index (χ0) is 18.9. The highest BCUT2D eigenvalue weighted by atomic mass is 32.2. The summed E-state index contributed by atoms with van der Waals surface area (Å²) in [5.74, 6) is 1.77. The van der Waals surface area contributed by atoms with E-state index in [0.29, 0.717) is 5.75 Å². The molecule has 1 amide bonds. The van der Waals surface area contributed by atoms with Crippen LogP contribution in [-0.2, 0) is 20.0 Å². The van der Waals surface area contributed by atoms with Crippen molar-refractivity contribution in [3.63, 3.8) is 0 Å². The number of hydrogen-bond donors (Lipinski definition) is 1. The number of amides is 1. The average molecular weight is 369 g/mol. The zero-order valence-corrected chi connectivity index (χ0v) is 16.3. The highest BCUT2D eigenvalue weighted by Crippen LogP contribution is 2.18.